The van der Waals surface area contributed by atoms with Gasteiger partial charge in [0.25, 0.3) is 0 Å². The molecule has 1 aliphatic rings. The Labute approximate surface area is 81.3 Å². The van der Waals surface area contributed by atoms with Gasteiger partial charge in [-0.25, -0.2) is 0 Å². The minimum atomic E-state index is -0.260. The molecule has 0 bridgehead atoms. The van der Waals surface area contributed by atoms with Gasteiger partial charge >= 0.3 is 0 Å². The lowest BCUT2D eigenvalue weighted by Gasteiger charge is -2.61. The number of rotatable bonds is 2. The molecule has 78 valence electrons. The average Bonchev–Trinajstić information content (AvgIpc) is 1.98. The van der Waals surface area contributed by atoms with E-state index >= 15 is 0 Å². The lowest BCUT2D eigenvalue weighted by molar-refractivity contribution is -0.276. The van der Waals surface area contributed by atoms with Crippen LogP contribution in [0.1, 0.15) is 41.5 Å². The van der Waals surface area contributed by atoms with Gasteiger partial charge in [0.15, 0.2) is 0 Å². The maximum Gasteiger partial charge on any atom is 0.0730 e. The Bertz CT molecular complexity index is 178. The highest BCUT2D eigenvalue weighted by Crippen LogP contribution is 2.55. The molecule has 0 aliphatic heterocycles. The van der Waals surface area contributed by atoms with Gasteiger partial charge in [-0.1, -0.05) is 27.7 Å². The summed E-state index contributed by atoms with van der Waals surface area (Å²) in [6.45, 7) is 12.3. The van der Waals surface area contributed by atoms with E-state index in [9.17, 15) is 5.11 Å². The molecule has 2 heteroatoms. The highest BCUT2D eigenvalue weighted by molar-refractivity contribution is 5.11. The van der Waals surface area contributed by atoms with Gasteiger partial charge in [0.05, 0.1) is 18.3 Å². The zero-order valence-electron chi connectivity index (χ0n) is 9.59. The molecule has 1 aliphatic carbocycles. The summed E-state index contributed by atoms with van der Waals surface area (Å²) in [5, 5.41) is 9.91. The molecule has 0 aromatic carbocycles. The number of aliphatic hydroxyl groups excluding tert-OH is 1. The highest BCUT2D eigenvalue weighted by atomic mass is 16.5. The van der Waals surface area contributed by atoms with E-state index < -0.39 is 0 Å². The van der Waals surface area contributed by atoms with E-state index in [1.807, 2.05) is 13.8 Å². The average molecular weight is 186 g/mol. The van der Waals surface area contributed by atoms with Crippen molar-refractivity contribution in [2.75, 3.05) is 0 Å². The lowest BCUT2D eigenvalue weighted by Crippen LogP contribution is -2.68. The van der Waals surface area contributed by atoms with Crippen molar-refractivity contribution >= 4 is 0 Å². The fourth-order valence-corrected chi connectivity index (χ4v) is 2.73. The predicted molar refractivity (Wildman–Crippen MR) is 53.6 cm³/mol. The zero-order valence-corrected chi connectivity index (χ0v) is 9.59. The van der Waals surface area contributed by atoms with Crippen LogP contribution in [0.2, 0.25) is 0 Å². The molecule has 0 aromatic heterocycles. The molecule has 1 fully saturated rings. The van der Waals surface area contributed by atoms with Gasteiger partial charge in [0.2, 0.25) is 0 Å². The Balaban J connectivity index is 2.73. The molecule has 0 heterocycles. The van der Waals surface area contributed by atoms with Crippen molar-refractivity contribution in [2.45, 2.75) is 59.9 Å². The van der Waals surface area contributed by atoms with E-state index in [-0.39, 0.29) is 29.1 Å². The van der Waals surface area contributed by atoms with E-state index in [2.05, 4.69) is 27.7 Å². The molecule has 0 atom stereocenters. The molecule has 2 nitrogen and oxygen atoms in total. The molecule has 1 saturated carbocycles. The molecule has 0 amide bonds. The zero-order chi connectivity index (χ0) is 10.4. The summed E-state index contributed by atoms with van der Waals surface area (Å²) in [6, 6.07) is 0. The Morgan fingerprint density at radius 1 is 1.08 bits per heavy atom. The van der Waals surface area contributed by atoms with Crippen LogP contribution in [0.15, 0.2) is 0 Å². The molecule has 0 unspecified atom stereocenters. The summed E-state index contributed by atoms with van der Waals surface area (Å²) in [5.74, 6) is 0. The first kappa shape index (κ1) is 11.0. The van der Waals surface area contributed by atoms with E-state index in [1.54, 1.807) is 0 Å². The number of hydrogen-bond acceptors (Lipinski definition) is 2. The molecule has 1 rings (SSSR count). The summed E-state index contributed by atoms with van der Waals surface area (Å²) < 4.78 is 5.83. The van der Waals surface area contributed by atoms with Crippen LogP contribution in [0.5, 0.6) is 0 Å². The predicted octanol–water partition coefficient (Wildman–Crippen LogP) is 2.21. The van der Waals surface area contributed by atoms with E-state index in [1.165, 1.54) is 0 Å². The van der Waals surface area contributed by atoms with E-state index in [4.69, 9.17) is 4.74 Å². The molecule has 1 N–H and O–H groups in total. The second-order valence-corrected chi connectivity index (χ2v) is 5.61. The summed E-state index contributed by atoms with van der Waals surface area (Å²) in [5.41, 5.74) is -0.207. The molecule has 0 saturated heterocycles. The van der Waals surface area contributed by atoms with Crippen molar-refractivity contribution in [3.63, 3.8) is 0 Å². The van der Waals surface area contributed by atoms with Crippen LogP contribution in [0.3, 0.4) is 0 Å². The van der Waals surface area contributed by atoms with Gasteiger partial charge < -0.3 is 9.84 Å². The summed E-state index contributed by atoms with van der Waals surface area (Å²) in [6.07, 6.45) is 0.134. The normalized spacial score (nSPS) is 36.0. The maximum atomic E-state index is 9.91. The van der Waals surface area contributed by atoms with Crippen LogP contribution in [0.4, 0.5) is 0 Å². The van der Waals surface area contributed by atoms with E-state index in [0.29, 0.717) is 0 Å². The smallest absolute Gasteiger partial charge is 0.0730 e. The maximum absolute atomic E-state index is 9.91. The van der Waals surface area contributed by atoms with Gasteiger partial charge in [-0.2, -0.15) is 0 Å². The Morgan fingerprint density at radius 2 is 1.46 bits per heavy atom. The largest absolute Gasteiger partial charge is 0.392 e. The van der Waals surface area contributed by atoms with Crippen molar-refractivity contribution in [1.29, 1.82) is 0 Å². The van der Waals surface area contributed by atoms with Gasteiger partial charge in [-0.3, -0.25) is 0 Å². The minimum absolute atomic E-state index is 0.103. The molecular weight excluding hydrogens is 164 g/mol. The monoisotopic (exact) mass is 186 g/mol. The molecule has 0 aromatic rings. The summed E-state index contributed by atoms with van der Waals surface area (Å²) in [7, 11) is 0. The molecule has 13 heavy (non-hydrogen) atoms. The Kier molecular flexibility index (Phi) is 2.50. The van der Waals surface area contributed by atoms with Gasteiger partial charge in [-0.15, -0.1) is 0 Å². The second kappa shape index (κ2) is 2.96. The molecular formula is C11H22O2. The Hall–Kier alpha value is -0.0800. The van der Waals surface area contributed by atoms with Crippen LogP contribution in [-0.4, -0.2) is 23.4 Å². The van der Waals surface area contributed by atoms with Crippen LogP contribution in [0, 0.1) is 10.8 Å². The fraction of sp³-hybridized carbons (Fsp3) is 1.00. The standard InChI is InChI=1S/C11H22O2/c1-7(2)13-9-10(3,4)8(12)11(9,5)6/h7-9,12H,1-6H3. The van der Waals surface area contributed by atoms with Gasteiger partial charge in [-0.05, 0) is 13.8 Å². The third-order valence-electron chi connectivity index (χ3n) is 3.17. The first-order valence-corrected chi connectivity index (χ1v) is 5.04. The number of ether oxygens (including phenoxy) is 1. The topological polar surface area (TPSA) is 29.5 Å². The van der Waals surface area contributed by atoms with Gasteiger partial charge in [0, 0.05) is 10.8 Å². The fourth-order valence-electron chi connectivity index (χ4n) is 2.73. The van der Waals surface area contributed by atoms with Crippen LogP contribution >= 0.6 is 0 Å². The SMILES string of the molecule is CC(C)OC1C(C)(C)C(O)C1(C)C. The Morgan fingerprint density at radius 3 is 1.77 bits per heavy atom. The first-order chi connectivity index (χ1) is 5.70. The number of aliphatic hydroxyl groups is 1. The quantitative estimate of drug-likeness (QED) is 0.716. The van der Waals surface area contributed by atoms with Crippen molar-refractivity contribution in [3.8, 4) is 0 Å². The number of hydrogen-bond donors (Lipinski definition) is 1. The third-order valence-corrected chi connectivity index (χ3v) is 3.17. The van der Waals surface area contributed by atoms with Crippen molar-refractivity contribution < 1.29 is 9.84 Å². The van der Waals surface area contributed by atoms with Crippen molar-refractivity contribution in [2.24, 2.45) is 10.8 Å². The minimum Gasteiger partial charge on any atom is -0.392 e. The summed E-state index contributed by atoms with van der Waals surface area (Å²) >= 11 is 0. The lowest BCUT2D eigenvalue weighted by atomic mass is 9.51. The van der Waals surface area contributed by atoms with Gasteiger partial charge in [0.1, 0.15) is 0 Å². The molecule has 0 radical (unpaired) electrons. The van der Waals surface area contributed by atoms with Crippen LogP contribution < -0.4 is 0 Å². The van der Waals surface area contributed by atoms with Crippen molar-refractivity contribution in [3.05, 3.63) is 0 Å². The van der Waals surface area contributed by atoms with Crippen molar-refractivity contribution in [1.82, 2.24) is 0 Å². The van der Waals surface area contributed by atoms with Crippen LogP contribution in [0.25, 0.3) is 0 Å². The third kappa shape index (κ3) is 1.50. The van der Waals surface area contributed by atoms with E-state index in [0.717, 1.165) is 0 Å². The highest BCUT2D eigenvalue weighted by Gasteiger charge is 2.62. The summed E-state index contributed by atoms with van der Waals surface area (Å²) in [4.78, 5) is 0. The second-order valence-electron chi connectivity index (χ2n) is 5.61. The van der Waals surface area contributed by atoms with Crippen LogP contribution in [-0.2, 0) is 4.74 Å². The first-order valence-electron chi connectivity index (χ1n) is 5.04. The molecule has 0 spiro atoms.